The van der Waals surface area contributed by atoms with Gasteiger partial charge < -0.3 is 20.3 Å². The molecule has 1 saturated heterocycles. The Labute approximate surface area is 200 Å². The van der Waals surface area contributed by atoms with Gasteiger partial charge in [-0.3, -0.25) is 4.90 Å². The standard InChI is InChI=1S/C22H40N6O.HI/c1-7-23-22(24-10-11-28(17(2)3)18(4)5)26-15-20-8-9-21(25-14-20)27-12-13-29-19(6)16-27;/h8-9,14,17-19H,7,10-13,15-16H2,1-6H3,(H2,23,24,26);1H. The minimum absolute atomic E-state index is 0. The first-order valence-electron chi connectivity index (χ1n) is 11.0. The van der Waals surface area contributed by atoms with E-state index in [1.54, 1.807) is 0 Å². The first kappa shape index (κ1) is 26.9. The molecule has 8 heteroatoms. The van der Waals surface area contributed by atoms with Crippen molar-refractivity contribution in [1.29, 1.82) is 0 Å². The maximum absolute atomic E-state index is 5.61. The molecule has 0 aliphatic carbocycles. The van der Waals surface area contributed by atoms with Crippen LogP contribution in [0.15, 0.2) is 23.3 Å². The Morgan fingerprint density at radius 2 is 2.00 bits per heavy atom. The number of halogens is 1. The van der Waals surface area contributed by atoms with Gasteiger partial charge in [-0.2, -0.15) is 0 Å². The third-order valence-corrected chi connectivity index (χ3v) is 5.13. The van der Waals surface area contributed by atoms with Crippen molar-refractivity contribution < 1.29 is 4.74 Å². The lowest BCUT2D eigenvalue weighted by Crippen LogP contribution is -2.45. The summed E-state index contributed by atoms with van der Waals surface area (Å²) in [4.78, 5) is 14.1. The summed E-state index contributed by atoms with van der Waals surface area (Å²) in [5.74, 6) is 1.87. The van der Waals surface area contributed by atoms with E-state index in [1.807, 2.05) is 6.20 Å². The fourth-order valence-electron chi connectivity index (χ4n) is 3.65. The summed E-state index contributed by atoms with van der Waals surface area (Å²) in [6, 6.07) is 5.28. The summed E-state index contributed by atoms with van der Waals surface area (Å²) in [6.07, 6.45) is 2.19. The van der Waals surface area contributed by atoms with Crippen LogP contribution in [0.5, 0.6) is 0 Å². The third-order valence-electron chi connectivity index (χ3n) is 5.13. The van der Waals surface area contributed by atoms with Gasteiger partial charge >= 0.3 is 0 Å². The van der Waals surface area contributed by atoms with Gasteiger partial charge in [-0.15, -0.1) is 24.0 Å². The number of nitrogens with one attached hydrogen (secondary N) is 2. The molecule has 0 saturated carbocycles. The minimum Gasteiger partial charge on any atom is -0.375 e. The molecule has 0 radical (unpaired) electrons. The number of hydrogen-bond acceptors (Lipinski definition) is 5. The molecule has 30 heavy (non-hydrogen) atoms. The Bertz CT molecular complexity index is 615. The maximum atomic E-state index is 5.61. The Kier molecular flexibility index (Phi) is 12.6. The number of pyridine rings is 1. The number of rotatable bonds is 9. The van der Waals surface area contributed by atoms with E-state index in [-0.39, 0.29) is 30.1 Å². The molecular formula is C22H41IN6O. The third kappa shape index (κ3) is 8.93. The molecule has 1 fully saturated rings. The topological polar surface area (TPSA) is 65.0 Å². The quantitative estimate of drug-likeness (QED) is 0.290. The minimum atomic E-state index is 0. The predicted octanol–water partition coefficient (Wildman–Crippen LogP) is 3.10. The molecule has 1 aromatic heterocycles. The summed E-state index contributed by atoms with van der Waals surface area (Å²) >= 11 is 0. The molecule has 0 bridgehead atoms. The van der Waals surface area contributed by atoms with Gasteiger partial charge in [-0.25, -0.2) is 9.98 Å². The molecule has 1 atom stereocenters. The number of guanidine groups is 1. The van der Waals surface area contributed by atoms with Gasteiger partial charge in [0, 0.05) is 51.0 Å². The SMILES string of the molecule is CCNC(=NCc1ccc(N2CCOC(C)C2)nc1)NCCN(C(C)C)C(C)C.I. The summed E-state index contributed by atoms with van der Waals surface area (Å²) in [7, 11) is 0. The van der Waals surface area contributed by atoms with Crippen LogP contribution >= 0.6 is 24.0 Å². The largest absolute Gasteiger partial charge is 0.375 e. The molecule has 1 aliphatic rings. The molecule has 1 unspecified atom stereocenters. The van der Waals surface area contributed by atoms with Gasteiger partial charge in [0.15, 0.2) is 5.96 Å². The van der Waals surface area contributed by atoms with E-state index in [0.717, 1.165) is 56.7 Å². The Balaban J connectivity index is 0.00000450. The van der Waals surface area contributed by atoms with Gasteiger partial charge in [0.25, 0.3) is 0 Å². The van der Waals surface area contributed by atoms with Crippen LogP contribution in [0.25, 0.3) is 0 Å². The highest BCUT2D eigenvalue weighted by molar-refractivity contribution is 14.0. The predicted molar refractivity (Wildman–Crippen MR) is 137 cm³/mol. The van der Waals surface area contributed by atoms with E-state index in [9.17, 15) is 0 Å². The first-order valence-corrected chi connectivity index (χ1v) is 11.0. The van der Waals surface area contributed by atoms with Crippen molar-refractivity contribution >= 4 is 35.8 Å². The van der Waals surface area contributed by atoms with Crippen molar-refractivity contribution in [3.05, 3.63) is 23.9 Å². The average Bonchev–Trinajstić information content (AvgIpc) is 2.69. The average molecular weight is 533 g/mol. The van der Waals surface area contributed by atoms with Crippen LogP contribution in [0.4, 0.5) is 5.82 Å². The molecule has 2 rings (SSSR count). The number of morpholine rings is 1. The first-order chi connectivity index (χ1) is 13.9. The van der Waals surface area contributed by atoms with E-state index < -0.39 is 0 Å². The zero-order valence-electron chi connectivity index (χ0n) is 19.5. The number of aromatic nitrogens is 1. The fraction of sp³-hybridized carbons (Fsp3) is 0.727. The number of aliphatic imine (C=N–C) groups is 1. The zero-order valence-corrected chi connectivity index (χ0v) is 21.8. The van der Waals surface area contributed by atoms with Gasteiger partial charge in [-0.1, -0.05) is 6.07 Å². The second kappa shape index (κ2) is 14.0. The summed E-state index contributed by atoms with van der Waals surface area (Å²) in [5, 5.41) is 6.78. The Morgan fingerprint density at radius 1 is 1.27 bits per heavy atom. The van der Waals surface area contributed by atoms with Crippen LogP contribution in [-0.4, -0.2) is 73.4 Å². The Morgan fingerprint density at radius 3 is 2.57 bits per heavy atom. The lowest BCUT2D eigenvalue weighted by molar-refractivity contribution is 0.0529. The van der Waals surface area contributed by atoms with E-state index in [4.69, 9.17) is 9.73 Å². The van der Waals surface area contributed by atoms with Gasteiger partial charge in [0.1, 0.15) is 5.82 Å². The number of ether oxygens (including phenoxy) is 1. The fourth-order valence-corrected chi connectivity index (χ4v) is 3.65. The summed E-state index contributed by atoms with van der Waals surface area (Å²) in [6.45, 7) is 19.0. The van der Waals surface area contributed by atoms with Gasteiger partial charge in [0.2, 0.25) is 0 Å². The smallest absolute Gasteiger partial charge is 0.191 e. The second-order valence-corrected chi connectivity index (χ2v) is 8.20. The van der Waals surface area contributed by atoms with Crippen LogP contribution in [0.2, 0.25) is 0 Å². The number of hydrogen-bond donors (Lipinski definition) is 2. The molecule has 1 aliphatic heterocycles. The Hall–Kier alpha value is -1.13. The van der Waals surface area contributed by atoms with E-state index in [1.165, 1.54) is 0 Å². The molecule has 0 spiro atoms. The van der Waals surface area contributed by atoms with Crippen LogP contribution in [0.1, 0.15) is 47.1 Å². The van der Waals surface area contributed by atoms with E-state index in [2.05, 4.69) is 79.1 Å². The zero-order chi connectivity index (χ0) is 21.2. The molecule has 2 heterocycles. The summed E-state index contributed by atoms with van der Waals surface area (Å²) in [5.41, 5.74) is 1.11. The molecule has 2 N–H and O–H groups in total. The van der Waals surface area contributed by atoms with Crippen LogP contribution in [0, 0.1) is 0 Å². The molecule has 1 aromatic rings. The molecule has 0 aromatic carbocycles. The van der Waals surface area contributed by atoms with E-state index in [0.29, 0.717) is 18.6 Å². The van der Waals surface area contributed by atoms with E-state index >= 15 is 0 Å². The van der Waals surface area contributed by atoms with Crippen LogP contribution in [0.3, 0.4) is 0 Å². The van der Waals surface area contributed by atoms with Crippen LogP contribution in [-0.2, 0) is 11.3 Å². The lowest BCUT2D eigenvalue weighted by Gasteiger charge is -2.32. The highest BCUT2D eigenvalue weighted by atomic mass is 127. The van der Waals surface area contributed by atoms with Crippen molar-refractivity contribution in [2.24, 2.45) is 4.99 Å². The second-order valence-electron chi connectivity index (χ2n) is 8.20. The number of anilines is 1. The highest BCUT2D eigenvalue weighted by Gasteiger charge is 2.17. The maximum Gasteiger partial charge on any atom is 0.191 e. The van der Waals surface area contributed by atoms with Crippen molar-refractivity contribution in [2.75, 3.05) is 44.2 Å². The monoisotopic (exact) mass is 532 g/mol. The normalized spacial score (nSPS) is 17.4. The van der Waals surface area contributed by atoms with Crippen LogP contribution < -0.4 is 15.5 Å². The molecular weight excluding hydrogens is 491 g/mol. The lowest BCUT2D eigenvalue weighted by atomic mass is 10.2. The molecule has 172 valence electrons. The van der Waals surface area contributed by atoms with Crippen molar-refractivity contribution in [3.63, 3.8) is 0 Å². The van der Waals surface area contributed by atoms with Crippen molar-refractivity contribution in [3.8, 4) is 0 Å². The summed E-state index contributed by atoms with van der Waals surface area (Å²) < 4.78 is 5.61. The van der Waals surface area contributed by atoms with Gasteiger partial charge in [-0.05, 0) is 53.2 Å². The molecule has 7 nitrogen and oxygen atoms in total. The highest BCUT2D eigenvalue weighted by Crippen LogP contribution is 2.15. The van der Waals surface area contributed by atoms with Crippen molar-refractivity contribution in [2.45, 2.75) is 66.3 Å². The molecule has 0 amide bonds. The van der Waals surface area contributed by atoms with Gasteiger partial charge in [0.05, 0.1) is 19.3 Å². The van der Waals surface area contributed by atoms with Crippen molar-refractivity contribution in [1.82, 2.24) is 20.5 Å². The number of nitrogens with zero attached hydrogens (tertiary/aromatic N) is 4.